The lowest BCUT2D eigenvalue weighted by molar-refractivity contribution is -0.143. The lowest BCUT2D eigenvalue weighted by atomic mass is 10.1. The van der Waals surface area contributed by atoms with Crippen molar-refractivity contribution < 1.29 is 19.4 Å². The quantitative estimate of drug-likeness (QED) is 0.883. The average Bonchev–Trinajstić information content (AvgIpc) is 3.32. The number of carbonyl (C=O) groups is 2. The van der Waals surface area contributed by atoms with E-state index in [4.69, 9.17) is 9.84 Å². The van der Waals surface area contributed by atoms with E-state index in [2.05, 4.69) is 10.3 Å². The third kappa shape index (κ3) is 2.84. The van der Waals surface area contributed by atoms with Gasteiger partial charge in [-0.1, -0.05) is 0 Å². The van der Waals surface area contributed by atoms with Crippen LogP contribution in [0.15, 0.2) is 24.3 Å². The molecule has 1 aromatic heterocycles. The first-order chi connectivity index (χ1) is 10.9. The number of hydrogen-bond acceptors (Lipinski definition) is 4. The molecule has 2 aromatic rings. The zero-order valence-corrected chi connectivity index (χ0v) is 13.0. The van der Waals surface area contributed by atoms with Gasteiger partial charge in [0, 0.05) is 18.0 Å². The number of carbonyl (C=O) groups excluding carboxylic acids is 1. The predicted octanol–water partition coefficient (Wildman–Crippen LogP) is 2.15. The molecule has 0 unspecified atom stereocenters. The molecule has 0 aliphatic heterocycles. The van der Waals surface area contributed by atoms with Crippen LogP contribution in [0.5, 0.6) is 5.75 Å². The van der Waals surface area contributed by atoms with Gasteiger partial charge in [0.05, 0.1) is 29.3 Å². The van der Waals surface area contributed by atoms with Gasteiger partial charge in [-0.05, 0) is 38.0 Å². The van der Waals surface area contributed by atoms with Gasteiger partial charge in [-0.2, -0.15) is 0 Å². The molecule has 0 saturated heterocycles. The molecule has 3 rings (SSSR count). The van der Waals surface area contributed by atoms with Crippen molar-refractivity contribution in [2.75, 3.05) is 13.7 Å². The Balaban J connectivity index is 1.83. The van der Waals surface area contributed by atoms with Crippen LogP contribution in [0, 0.1) is 12.3 Å². The SMILES string of the molecule is COc1ccc2cc(C(=O)NCC3(C(=O)O)CC3)c(C)nc2c1. The highest BCUT2D eigenvalue weighted by molar-refractivity contribution is 5.99. The summed E-state index contributed by atoms with van der Waals surface area (Å²) < 4.78 is 5.17. The largest absolute Gasteiger partial charge is 0.497 e. The Kier molecular flexibility index (Phi) is 3.67. The number of carboxylic acid groups (broad SMARTS) is 1. The first-order valence-electron chi connectivity index (χ1n) is 7.42. The highest BCUT2D eigenvalue weighted by atomic mass is 16.5. The topological polar surface area (TPSA) is 88.5 Å². The number of benzene rings is 1. The Bertz CT molecular complexity index is 797. The first-order valence-corrected chi connectivity index (χ1v) is 7.42. The molecule has 1 aromatic carbocycles. The van der Waals surface area contributed by atoms with Crippen LogP contribution in [0.25, 0.3) is 10.9 Å². The second-order valence-electron chi connectivity index (χ2n) is 5.95. The minimum Gasteiger partial charge on any atom is -0.497 e. The average molecular weight is 314 g/mol. The van der Waals surface area contributed by atoms with Gasteiger partial charge in [0.25, 0.3) is 5.91 Å². The summed E-state index contributed by atoms with van der Waals surface area (Å²) in [7, 11) is 1.59. The number of aliphatic carboxylic acids is 1. The molecule has 1 aliphatic carbocycles. The number of carboxylic acids is 1. The second-order valence-corrected chi connectivity index (χ2v) is 5.95. The molecule has 0 spiro atoms. The van der Waals surface area contributed by atoms with Gasteiger partial charge in [-0.3, -0.25) is 14.6 Å². The number of ether oxygens (including phenoxy) is 1. The highest BCUT2D eigenvalue weighted by Crippen LogP contribution is 2.45. The summed E-state index contributed by atoms with van der Waals surface area (Å²) >= 11 is 0. The number of methoxy groups -OCH3 is 1. The number of nitrogens with one attached hydrogen (secondary N) is 1. The maximum atomic E-state index is 12.4. The monoisotopic (exact) mass is 314 g/mol. The molecule has 0 atom stereocenters. The number of fused-ring (bicyclic) bond motifs is 1. The lowest BCUT2D eigenvalue weighted by Crippen LogP contribution is -2.34. The standard InChI is InChI=1S/C17H18N2O4/c1-10-13(15(20)18-9-17(5-6-17)16(21)22)7-11-3-4-12(23-2)8-14(11)19-10/h3-4,7-8H,5-6,9H2,1-2H3,(H,18,20)(H,21,22). The van der Waals surface area contributed by atoms with E-state index in [1.54, 1.807) is 20.1 Å². The molecule has 1 amide bonds. The molecule has 2 N–H and O–H groups in total. The van der Waals surface area contributed by atoms with Crippen molar-refractivity contribution in [1.29, 1.82) is 0 Å². The van der Waals surface area contributed by atoms with Crippen LogP contribution in [-0.2, 0) is 4.79 Å². The summed E-state index contributed by atoms with van der Waals surface area (Å²) in [5.74, 6) is -0.433. The van der Waals surface area contributed by atoms with E-state index in [0.717, 1.165) is 10.9 Å². The summed E-state index contributed by atoms with van der Waals surface area (Å²) in [6.45, 7) is 1.92. The molecule has 23 heavy (non-hydrogen) atoms. The van der Waals surface area contributed by atoms with Gasteiger partial charge < -0.3 is 15.2 Å². The van der Waals surface area contributed by atoms with Crippen LogP contribution in [0.2, 0.25) is 0 Å². The molecule has 1 fully saturated rings. The van der Waals surface area contributed by atoms with E-state index in [0.29, 0.717) is 29.8 Å². The highest BCUT2D eigenvalue weighted by Gasteiger charge is 2.50. The van der Waals surface area contributed by atoms with E-state index in [1.807, 2.05) is 18.2 Å². The van der Waals surface area contributed by atoms with Gasteiger partial charge in [-0.15, -0.1) is 0 Å². The Morgan fingerprint density at radius 2 is 2.09 bits per heavy atom. The normalized spacial score (nSPS) is 15.2. The smallest absolute Gasteiger partial charge is 0.311 e. The van der Waals surface area contributed by atoms with E-state index < -0.39 is 11.4 Å². The maximum Gasteiger partial charge on any atom is 0.311 e. The molecule has 0 radical (unpaired) electrons. The fraction of sp³-hybridized carbons (Fsp3) is 0.353. The van der Waals surface area contributed by atoms with Gasteiger partial charge in [-0.25, -0.2) is 0 Å². The molecule has 6 heteroatoms. The molecule has 0 bridgehead atoms. The van der Waals surface area contributed by atoms with Gasteiger partial charge in [0.15, 0.2) is 0 Å². The number of pyridine rings is 1. The zero-order chi connectivity index (χ0) is 16.6. The summed E-state index contributed by atoms with van der Waals surface area (Å²) in [6, 6.07) is 7.24. The number of hydrogen-bond donors (Lipinski definition) is 2. The van der Waals surface area contributed by atoms with Crippen LogP contribution in [0.3, 0.4) is 0 Å². The lowest BCUT2D eigenvalue weighted by Gasteiger charge is -2.13. The fourth-order valence-electron chi connectivity index (χ4n) is 2.56. The first kappa shape index (κ1) is 15.3. The van der Waals surface area contributed by atoms with E-state index in [9.17, 15) is 9.59 Å². The van der Waals surface area contributed by atoms with Crippen molar-refractivity contribution in [3.63, 3.8) is 0 Å². The van der Waals surface area contributed by atoms with Crippen molar-refractivity contribution in [3.8, 4) is 5.75 Å². The molecule has 1 heterocycles. The van der Waals surface area contributed by atoms with Crippen molar-refractivity contribution in [1.82, 2.24) is 10.3 Å². The number of aryl methyl sites for hydroxylation is 1. The van der Waals surface area contributed by atoms with E-state index >= 15 is 0 Å². The summed E-state index contributed by atoms with van der Waals surface area (Å²) in [4.78, 5) is 28.0. The molecule has 1 aliphatic rings. The fourth-order valence-corrected chi connectivity index (χ4v) is 2.56. The number of aromatic nitrogens is 1. The summed E-state index contributed by atoms with van der Waals surface area (Å²) in [6.07, 6.45) is 1.22. The van der Waals surface area contributed by atoms with Crippen molar-refractivity contribution in [3.05, 3.63) is 35.5 Å². The van der Waals surface area contributed by atoms with Gasteiger partial charge >= 0.3 is 5.97 Å². The Hall–Kier alpha value is -2.63. The van der Waals surface area contributed by atoms with Crippen molar-refractivity contribution >= 4 is 22.8 Å². The molecule has 1 saturated carbocycles. The molecular formula is C17H18N2O4. The predicted molar refractivity (Wildman–Crippen MR) is 84.7 cm³/mol. The maximum absolute atomic E-state index is 12.4. The minimum absolute atomic E-state index is 0.154. The van der Waals surface area contributed by atoms with Crippen LogP contribution in [0.4, 0.5) is 0 Å². The Morgan fingerprint density at radius 1 is 1.35 bits per heavy atom. The van der Waals surface area contributed by atoms with E-state index in [-0.39, 0.29) is 12.5 Å². The zero-order valence-electron chi connectivity index (χ0n) is 13.0. The summed E-state index contributed by atoms with van der Waals surface area (Å²) in [5.41, 5.74) is 1.04. The van der Waals surface area contributed by atoms with Crippen LogP contribution in [-0.4, -0.2) is 35.6 Å². The van der Waals surface area contributed by atoms with Crippen molar-refractivity contribution in [2.24, 2.45) is 5.41 Å². The Labute approximate surface area is 133 Å². The van der Waals surface area contributed by atoms with Crippen LogP contribution < -0.4 is 10.1 Å². The van der Waals surface area contributed by atoms with Gasteiger partial charge in [0.2, 0.25) is 0 Å². The number of amides is 1. The summed E-state index contributed by atoms with van der Waals surface area (Å²) in [5, 5.41) is 12.7. The van der Waals surface area contributed by atoms with Crippen LogP contribution in [0.1, 0.15) is 28.9 Å². The third-order valence-corrected chi connectivity index (χ3v) is 4.35. The molecule has 120 valence electrons. The Morgan fingerprint density at radius 3 is 2.70 bits per heavy atom. The van der Waals surface area contributed by atoms with Crippen LogP contribution >= 0.6 is 0 Å². The number of nitrogens with zero attached hydrogens (tertiary/aromatic N) is 1. The van der Waals surface area contributed by atoms with E-state index in [1.165, 1.54) is 0 Å². The van der Waals surface area contributed by atoms with Crippen molar-refractivity contribution in [2.45, 2.75) is 19.8 Å². The number of rotatable bonds is 5. The molecular weight excluding hydrogens is 296 g/mol. The second kappa shape index (κ2) is 5.53. The van der Waals surface area contributed by atoms with Gasteiger partial charge in [0.1, 0.15) is 5.75 Å². The minimum atomic E-state index is -0.849. The third-order valence-electron chi connectivity index (χ3n) is 4.35. The molecule has 6 nitrogen and oxygen atoms in total.